The Morgan fingerprint density at radius 1 is 1.23 bits per heavy atom. The Balaban J connectivity index is 1.45. The van der Waals surface area contributed by atoms with Crippen molar-refractivity contribution in [3.8, 4) is 5.69 Å². The summed E-state index contributed by atoms with van der Waals surface area (Å²) in [6.07, 6.45) is 4.62. The minimum atomic E-state index is -3.03. The number of rotatable bonds is 9. The van der Waals surface area contributed by atoms with Gasteiger partial charge in [-0.05, 0) is 37.8 Å². The number of amides is 1. The molecule has 2 fully saturated rings. The van der Waals surface area contributed by atoms with Gasteiger partial charge in [0.2, 0.25) is 11.1 Å². The molecule has 0 N–H and O–H groups in total. The van der Waals surface area contributed by atoms with Crippen LogP contribution < -0.4 is 0 Å². The number of carbonyl (C=O) groups is 1. The van der Waals surface area contributed by atoms with Gasteiger partial charge in [-0.15, -0.1) is 5.10 Å². The highest BCUT2D eigenvalue weighted by Gasteiger charge is 2.35. The van der Waals surface area contributed by atoms with Gasteiger partial charge in [0.15, 0.2) is 9.84 Å². The number of hydrogen-bond acceptors (Lipinski definition) is 6. The molecule has 162 valence electrons. The molecule has 0 spiro atoms. The molecule has 1 unspecified atom stereocenters. The maximum Gasteiger partial charge on any atom is 0.233 e. The molecule has 1 amide bonds. The number of thioether (sulfide) groups is 1. The summed E-state index contributed by atoms with van der Waals surface area (Å²) in [5.41, 5.74) is 0.978. The van der Waals surface area contributed by atoms with E-state index < -0.39 is 9.84 Å². The Labute approximate surface area is 182 Å². The number of para-hydroxylation sites is 1. The van der Waals surface area contributed by atoms with Crippen molar-refractivity contribution in [2.24, 2.45) is 0 Å². The molecule has 0 radical (unpaired) electrons. The molecule has 1 aromatic carbocycles. The molecule has 9 heteroatoms. The molecule has 1 aromatic heterocycles. The van der Waals surface area contributed by atoms with E-state index in [0.29, 0.717) is 24.0 Å². The molecular formula is C21H28N4O3S2. The summed E-state index contributed by atoms with van der Waals surface area (Å²) in [6, 6.07) is 9.74. The predicted octanol–water partition coefficient (Wildman–Crippen LogP) is 3.05. The Kier molecular flexibility index (Phi) is 6.48. The topological polar surface area (TPSA) is 85.2 Å². The SMILES string of the molecule is CCCCN(C(=O)CSc1nc(C2CC2)n(-c2ccccc2)n1)C1CCS(=O)(=O)C1. The van der Waals surface area contributed by atoms with Crippen LogP contribution in [0.3, 0.4) is 0 Å². The van der Waals surface area contributed by atoms with Crippen LogP contribution in [0.4, 0.5) is 0 Å². The lowest BCUT2D eigenvalue weighted by Crippen LogP contribution is -2.42. The number of carbonyl (C=O) groups excluding carboxylic acids is 1. The van der Waals surface area contributed by atoms with Gasteiger partial charge in [0.05, 0.1) is 22.9 Å². The molecule has 1 aliphatic carbocycles. The second kappa shape index (κ2) is 9.09. The van der Waals surface area contributed by atoms with Crippen molar-refractivity contribution in [1.29, 1.82) is 0 Å². The average molecular weight is 449 g/mol. The van der Waals surface area contributed by atoms with Gasteiger partial charge in [0, 0.05) is 18.5 Å². The second-order valence-electron chi connectivity index (χ2n) is 8.06. The van der Waals surface area contributed by atoms with Crippen molar-refractivity contribution >= 4 is 27.5 Å². The number of nitrogens with zero attached hydrogens (tertiary/aromatic N) is 4. The van der Waals surface area contributed by atoms with E-state index in [0.717, 1.165) is 37.2 Å². The maximum absolute atomic E-state index is 13.0. The van der Waals surface area contributed by atoms with Gasteiger partial charge in [-0.2, -0.15) is 0 Å². The normalized spacial score (nSPS) is 20.4. The fourth-order valence-corrected chi connectivity index (χ4v) is 6.25. The summed E-state index contributed by atoms with van der Waals surface area (Å²) < 4.78 is 25.7. The van der Waals surface area contributed by atoms with Gasteiger partial charge in [0.25, 0.3) is 0 Å². The molecule has 2 aromatic rings. The molecule has 7 nitrogen and oxygen atoms in total. The zero-order chi connectivity index (χ0) is 21.1. The van der Waals surface area contributed by atoms with E-state index in [1.54, 1.807) is 4.90 Å². The first-order chi connectivity index (χ1) is 14.5. The standard InChI is InChI=1S/C21H28N4O3S2/c1-2-3-12-24(18-11-13-30(27,28)15-18)19(26)14-29-21-22-20(16-9-10-16)25(23-21)17-7-5-4-6-8-17/h4-8,16,18H,2-3,9-15H2,1H3. The third-order valence-corrected chi connectivity index (χ3v) is 8.18. The first-order valence-corrected chi connectivity index (χ1v) is 13.4. The van der Waals surface area contributed by atoms with Crippen LogP contribution in [0, 0.1) is 0 Å². The van der Waals surface area contributed by atoms with Crippen LogP contribution in [-0.4, -0.2) is 63.8 Å². The third kappa shape index (κ3) is 5.06. The Hall–Kier alpha value is -1.87. The number of unbranched alkanes of at least 4 members (excludes halogenated alkanes) is 1. The molecule has 1 saturated carbocycles. The molecule has 0 bridgehead atoms. The zero-order valence-electron chi connectivity index (χ0n) is 17.2. The number of sulfone groups is 1. The van der Waals surface area contributed by atoms with Crippen molar-refractivity contribution < 1.29 is 13.2 Å². The van der Waals surface area contributed by atoms with E-state index in [4.69, 9.17) is 4.98 Å². The lowest BCUT2D eigenvalue weighted by Gasteiger charge is -2.28. The highest BCUT2D eigenvalue weighted by molar-refractivity contribution is 7.99. The summed E-state index contributed by atoms with van der Waals surface area (Å²) in [5.74, 6) is 1.85. The van der Waals surface area contributed by atoms with Crippen molar-refractivity contribution in [2.75, 3.05) is 23.8 Å². The van der Waals surface area contributed by atoms with Crippen LogP contribution in [0.15, 0.2) is 35.5 Å². The summed E-state index contributed by atoms with van der Waals surface area (Å²) in [7, 11) is -3.03. The van der Waals surface area contributed by atoms with Gasteiger partial charge < -0.3 is 4.90 Å². The smallest absolute Gasteiger partial charge is 0.233 e. The van der Waals surface area contributed by atoms with Crippen LogP contribution in [0.1, 0.15) is 50.8 Å². The van der Waals surface area contributed by atoms with E-state index in [1.165, 1.54) is 11.8 Å². The lowest BCUT2D eigenvalue weighted by molar-refractivity contribution is -0.130. The highest BCUT2D eigenvalue weighted by atomic mass is 32.2. The van der Waals surface area contributed by atoms with E-state index in [9.17, 15) is 13.2 Å². The molecular weight excluding hydrogens is 420 g/mol. The molecule has 30 heavy (non-hydrogen) atoms. The number of benzene rings is 1. The van der Waals surface area contributed by atoms with E-state index in [1.807, 2.05) is 35.0 Å². The van der Waals surface area contributed by atoms with E-state index >= 15 is 0 Å². The van der Waals surface area contributed by atoms with E-state index in [-0.39, 0.29) is 29.2 Å². The van der Waals surface area contributed by atoms with Crippen LogP contribution in [-0.2, 0) is 14.6 Å². The van der Waals surface area contributed by atoms with Gasteiger partial charge in [-0.1, -0.05) is 43.3 Å². The van der Waals surface area contributed by atoms with Crippen molar-refractivity contribution in [1.82, 2.24) is 19.7 Å². The van der Waals surface area contributed by atoms with Crippen LogP contribution >= 0.6 is 11.8 Å². The maximum atomic E-state index is 13.0. The van der Waals surface area contributed by atoms with Crippen LogP contribution in [0.2, 0.25) is 0 Å². The Morgan fingerprint density at radius 3 is 2.63 bits per heavy atom. The first kappa shape index (κ1) is 21.4. The first-order valence-electron chi connectivity index (χ1n) is 10.6. The van der Waals surface area contributed by atoms with Crippen LogP contribution in [0.5, 0.6) is 0 Å². The minimum absolute atomic E-state index is 0.0282. The Morgan fingerprint density at radius 2 is 2.00 bits per heavy atom. The van der Waals surface area contributed by atoms with Gasteiger partial charge >= 0.3 is 0 Å². The number of aromatic nitrogens is 3. The molecule has 1 atom stereocenters. The summed E-state index contributed by atoms with van der Waals surface area (Å²) in [5, 5.41) is 5.26. The van der Waals surface area contributed by atoms with Gasteiger partial charge in [-0.25, -0.2) is 18.1 Å². The average Bonchev–Trinajstić information content (AvgIpc) is 3.40. The van der Waals surface area contributed by atoms with Crippen molar-refractivity contribution in [2.45, 2.75) is 56.1 Å². The quantitative estimate of drug-likeness (QED) is 0.548. The van der Waals surface area contributed by atoms with Gasteiger partial charge in [-0.3, -0.25) is 4.79 Å². The molecule has 4 rings (SSSR count). The third-order valence-electron chi connectivity index (χ3n) is 5.60. The predicted molar refractivity (Wildman–Crippen MR) is 118 cm³/mol. The monoisotopic (exact) mass is 448 g/mol. The fraction of sp³-hybridized carbons (Fsp3) is 0.571. The summed E-state index contributed by atoms with van der Waals surface area (Å²) in [4.78, 5) is 19.5. The molecule has 1 aliphatic heterocycles. The fourth-order valence-electron chi connectivity index (χ4n) is 3.80. The zero-order valence-corrected chi connectivity index (χ0v) is 18.9. The molecule has 1 saturated heterocycles. The minimum Gasteiger partial charge on any atom is -0.338 e. The highest BCUT2D eigenvalue weighted by Crippen LogP contribution is 2.40. The van der Waals surface area contributed by atoms with Gasteiger partial charge in [0.1, 0.15) is 5.82 Å². The summed E-state index contributed by atoms with van der Waals surface area (Å²) in [6.45, 7) is 2.68. The van der Waals surface area contributed by atoms with E-state index in [2.05, 4.69) is 12.0 Å². The lowest BCUT2D eigenvalue weighted by atomic mass is 10.2. The van der Waals surface area contributed by atoms with Crippen molar-refractivity contribution in [3.05, 3.63) is 36.2 Å². The number of hydrogen-bond donors (Lipinski definition) is 0. The molecule has 2 heterocycles. The van der Waals surface area contributed by atoms with Crippen molar-refractivity contribution in [3.63, 3.8) is 0 Å². The second-order valence-corrected chi connectivity index (χ2v) is 11.2. The summed E-state index contributed by atoms with van der Waals surface area (Å²) >= 11 is 1.34. The van der Waals surface area contributed by atoms with Crippen LogP contribution in [0.25, 0.3) is 5.69 Å². The Bertz CT molecular complexity index is 987. The molecule has 2 aliphatic rings. The largest absolute Gasteiger partial charge is 0.338 e.